The minimum absolute atomic E-state index is 0.103. The monoisotopic (exact) mass is 488 g/mol. The molecular formula is C18H12Cl4N4O2S. The van der Waals surface area contributed by atoms with Crippen LogP contribution in [0.1, 0.15) is 18.1 Å². The molecule has 2 aromatic carbocycles. The number of hydrogen-bond acceptors (Lipinski definition) is 4. The molecule has 0 amide bonds. The van der Waals surface area contributed by atoms with E-state index in [0.717, 1.165) is 10.9 Å². The lowest BCUT2D eigenvalue weighted by molar-refractivity contribution is 0.744. The van der Waals surface area contributed by atoms with Gasteiger partial charge in [0, 0.05) is 15.6 Å². The van der Waals surface area contributed by atoms with Crippen molar-refractivity contribution in [1.29, 1.82) is 0 Å². The van der Waals surface area contributed by atoms with Gasteiger partial charge in [-0.05, 0) is 36.8 Å². The van der Waals surface area contributed by atoms with Crippen molar-refractivity contribution in [3.63, 3.8) is 0 Å². The number of nitrogens with one attached hydrogen (secondary N) is 1. The fourth-order valence-corrected chi connectivity index (χ4v) is 4.29. The average molecular weight is 490 g/mol. The van der Waals surface area contributed by atoms with Crippen LogP contribution in [0.3, 0.4) is 0 Å². The predicted molar refractivity (Wildman–Crippen MR) is 120 cm³/mol. The Balaban J connectivity index is 2.25. The van der Waals surface area contributed by atoms with Crippen LogP contribution >= 0.6 is 58.6 Å². The third-order valence-electron chi connectivity index (χ3n) is 4.47. The first-order chi connectivity index (χ1) is 13.6. The van der Waals surface area contributed by atoms with Crippen LogP contribution in [-0.2, 0) is 5.41 Å². The molecule has 1 atom stereocenters. The Kier molecular flexibility index (Phi) is 6.08. The summed E-state index contributed by atoms with van der Waals surface area (Å²) in [5.74, 6) is 0. The lowest BCUT2D eigenvalue weighted by atomic mass is 9.76. The summed E-state index contributed by atoms with van der Waals surface area (Å²) in [5, 5.41) is 4.87. The number of thiocarbonyl (C=S) groups is 1. The topological polar surface area (TPSA) is 93.8 Å². The van der Waals surface area contributed by atoms with Gasteiger partial charge < -0.3 is 5.73 Å². The van der Waals surface area contributed by atoms with Gasteiger partial charge in [-0.1, -0.05) is 64.7 Å². The van der Waals surface area contributed by atoms with E-state index in [2.05, 4.69) is 10.1 Å². The number of hydrogen-bond donors (Lipinski definition) is 2. The van der Waals surface area contributed by atoms with Crippen molar-refractivity contribution < 1.29 is 0 Å². The molecule has 0 spiro atoms. The molecule has 29 heavy (non-hydrogen) atoms. The molecule has 0 saturated carbocycles. The van der Waals surface area contributed by atoms with Gasteiger partial charge in [0.05, 0.1) is 26.1 Å². The van der Waals surface area contributed by atoms with Crippen LogP contribution in [0.15, 0.2) is 46.1 Å². The maximum atomic E-state index is 12.0. The van der Waals surface area contributed by atoms with E-state index in [9.17, 15) is 9.59 Å². The quantitative estimate of drug-likeness (QED) is 0.537. The lowest BCUT2D eigenvalue weighted by Crippen LogP contribution is -2.39. The Morgan fingerprint density at radius 3 is 2.21 bits per heavy atom. The Labute approximate surface area is 190 Å². The van der Waals surface area contributed by atoms with Crippen molar-refractivity contribution in [2.24, 2.45) is 5.73 Å². The van der Waals surface area contributed by atoms with Crippen LogP contribution in [0.4, 0.5) is 0 Å². The normalized spacial score (nSPS) is 13.1. The van der Waals surface area contributed by atoms with Crippen molar-refractivity contribution in [1.82, 2.24) is 14.8 Å². The van der Waals surface area contributed by atoms with Crippen LogP contribution < -0.4 is 17.0 Å². The summed E-state index contributed by atoms with van der Waals surface area (Å²) in [6.45, 7) is 1.76. The maximum Gasteiger partial charge on any atom is 0.349 e. The number of nitrogens with zero attached hydrogens (tertiary/aromatic N) is 2. The van der Waals surface area contributed by atoms with Crippen molar-refractivity contribution in [3.05, 3.63) is 88.6 Å². The number of halogens is 4. The van der Waals surface area contributed by atoms with Gasteiger partial charge in [0.25, 0.3) is 5.56 Å². The molecule has 3 aromatic rings. The lowest BCUT2D eigenvalue weighted by Gasteiger charge is -2.32. The number of nitrogens with two attached hydrogens (primary N) is 1. The predicted octanol–water partition coefficient (Wildman–Crippen LogP) is 4.13. The zero-order valence-corrected chi connectivity index (χ0v) is 18.5. The van der Waals surface area contributed by atoms with E-state index in [-0.39, 0.29) is 20.7 Å². The van der Waals surface area contributed by atoms with Gasteiger partial charge in [0.1, 0.15) is 6.20 Å². The third kappa shape index (κ3) is 3.93. The van der Waals surface area contributed by atoms with Crippen molar-refractivity contribution >= 4 is 63.6 Å². The fraction of sp³-hybridized carbons (Fsp3) is 0.111. The van der Waals surface area contributed by atoms with E-state index < -0.39 is 16.7 Å². The van der Waals surface area contributed by atoms with Crippen molar-refractivity contribution in [2.75, 3.05) is 0 Å². The van der Waals surface area contributed by atoms with E-state index >= 15 is 0 Å². The molecule has 0 bridgehead atoms. The smallest absolute Gasteiger partial charge is 0.349 e. The average Bonchev–Trinajstić information content (AvgIpc) is 2.62. The molecule has 6 nitrogen and oxygen atoms in total. The molecule has 1 aromatic heterocycles. The number of H-pyrrole nitrogens is 1. The third-order valence-corrected chi connectivity index (χ3v) is 6.22. The van der Waals surface area contributed by atoms with Gasteiger partial charge in [0.2, 0.25) is 0 Å². The van der Waals surface area contributed by atoms with Crippen LogP contribution in [-0.4, -0.2) is 19.8 Å². The molecule has 0 radical (unpaired) electrons. The van der Waals surface area contributed by atoms with E-state index in [4.69, 9.17) is 64.4 Å². The molecule has 0 aliphatic heterocycles. The standard InChI is InChI=1S/C18H12Cl4N4O2S/c1-18(16(23)29,8-2-3-10(19)11(20)4-8)15-12(21)5-9(6-13(15)22)26-17(28)25-14(27)7-24-26/h2-7H,1H3,(H2,23,29)(H,25,27,28). The molecule has 0 fully saturated rings. The largest absolute Gasteiger partial charge is 0.392 e. The van der Waals surface area contributed by atoms with Gasteiger partial charge in [0.15, 0.2) is 0 Å². The van der Waals surface area contributed by atoms with Crippen LogP contribution in [0.25, 0.3) is 5.69 Å². The van der Waals surface area contributed by atoms with Crippen LogP contribution in [0, 0.1) is 0 Å². The number of aromatic amines is 1. The highest BCUT2D eigenvalue weighted by Crippen LogP contribution is 2.43. The van der Waals surface area contributed by atoms with E-state index in [1.54, 1.807) is 25.1 Å². The van der Waals surface area contributed by atoms with Crippen molar-refractivity contribution in [2.45, 2.75) is 12.3 Å². The first-order valence-corrected chi connectivity index (χ1v) is 9.91. The zero-order valence-electron chi connectivity index (χ0n) is 14.7. The zero-order chi connectivity index (χ0) is 21.5. The number of rotatable bonds is 4. The van der Waals surface area contributed by atoms with Gasteiger partial charge in [-0.2, -0.15) is 9.78 Å². The van der Waals surface area contributed by atoms with E-state index in [0.29, 0.717) is 21.2 Å². The molecule has 0 aliphatic carbocycles. The van der Waals surface area contributed by atoms with Gasteiger partial charge >= 0.3 is 5.69 Å². The van der Waals surface area contributed by atoms with Gasteiger partial charge in [-0.25, -0.2) is 4.79 Å². The molecule has 3 N–H and O–H groups in total. The first kappa shape index (κ1) is 21.8. The highest BCUT2D eigenvalue weighted by Gasteiger charge is 2.37. The van der Waals surface area contributed by atoms with E-state index in [1.165, 1.54) is 12.1 Å². The molecule has 150 valence electrons. The highest BCUT2D eigenvalue weighted by atomic mass is 35.5. The second-order valence-electron chi connectivity index (χ2n) is 6.25. The summed E-state index contributed by atoms with van der Waals surface area (Å²) < 4.78 is 0.959. The second-order valence-corrected chi connectivity index (χ2v) is 8.32. The molecule has 0 aliphatic rings. The van der Waals surface area contributed by atoms with E-state index in [1.807, 2.05) is 0 Å². The number of aromatic nitrogens is 3. The van der Waals surface area contributed by atoms with Crippen LogP contribution in [0.5, 0.6) is 0 Å². The molecule has 1 heterocycles. The Hall–Kier alpha value is -1.90. The molecule has 1 unspecified atom stereocenters. The Bertz CT molecular complexity index is 1230. The van der Waals surface area contributed by atoms with Gasteiger partial charge in [-0.15, -0.1) is 0 Å². The Morgan fingerprint density at radius 1 is 1.07 bits per heavy atom. The summed E-state index contributed by atoms with van der Waals surface area (Å²) in [5.41, 5.74) is 4.95. The summed E-state index contributed by atoms with van der Waals surface area (Å²) in [6, 6.07) is 7.93. The molecule has 11 heteroatoms. The summed E-state index contributed by atoms with van der Waals surface area (Å²) >= 11 is 30.6. The van der Waals surface area contributed by atoms with Crippen molar-refractivity contribution in [3.8, 4) is 5.69 Å². The maximum absolute atomic E-state index is 12.0. The SMILES string of the molecule is CC(C(N)=S)(c1ccc(Cl)c(Cl)c1)c1c(Cl)cc(-n2ncc(=O)[nH]c2=O)cc1Cl. The Morgan fingerprint density at radius 2 is 1.69 bits per heavy atom. The molecule has 0 saturated heterocycles. The number of benzene rings is 2. The first-order valence-electron chi connectivity index (χ1n) is 7.99. The summed E-state index contributed by atoms with van der Waals surface area (Å²) in [6.07, 6.45) is 0.964. The summed E-state index contributed by atoms with van der Waals surface area (Å²) in [7, 11) is 0. The minimum Gasteiger partial charge on any atom is -0.392 e. The van der Waals surface area contributed by atoms with Gasteiger partial charge in [-0.3, -0.25) is 9.78 Å². The highest BCUT2D eigenvalue weighted by molar-refractivity contribution is 7.80. The minimum atomic E-state index is -1.08. The fourth-order valence-electron chi connectivity index (χ4n) is 2.91. The summed E-state index contributed by atoms with van der Waals surface area (Å²) in [4.78, 5) is 25.5. The second kappa shape index (κ2) is 8.08. The van der Waals surface area contributed by atoms with Crippen LogP contribution in [0.2, 0.25) is 20.1 Å². The molecular weight excluding hydrogens is 478 g/mol. The molecule has 3 rings (SSSR count).